The molecule has 4 nitrogen and oxygen atoms in total. The molecule has 0 radical (unpaired) electrons. The topological polar surface area (TPSA) is 46.3 Å². The Hall–Kier alpha value is -2.54. The molecule has 2 heterocycles. The lowest BCUT2D eigenvalue weighted by atomic mass is 10.0. The van der Waals surface area contributed by atoms with Crippen molar-refractivity contribution in [2.75, 3.05) is 14.1 Å². The second kappa shape index (κ2) is 6.07. The standard InChI is InChI=1S/C17H12ClF3N2O2/c1-23(2)16(24)9-3-4-10(11(7-9)17(19,20)21)14-8-13-15(25-14)12(18)5-6-22-13/h3-8H,1-2H3. The first-order valence-corrected chi connectivity index (χ1v) is 7.53. The highest BCUT2D eigenvalue weighted by Gasteiger charge is 2.35. The van der Waals surface area contributed by atoms with Gasteiger partial charge >= 0.3 is 6.18 Å². The Morgan fingerprint density at radius 1 is 1.20 bits per heavy atom. The number of pyridine rings is 1. The van der Waals surface area contributed by atoms with E-state index in [0.29, 0.717) is 5.52 Å². The zero-order chi connectivity index (χ0) is 18.4. The lowest BCUT2D eigenvalue weighted by Crippen LogP contribution is -2.22. The third-order valence-corrected chi connectivity index (χ3v) is 3.91. The molecule has 3 rings (SSSR count). The molecule has 0 bridgehead atoms. The van der Waals surface area contributed by atoms with E-state index in [2.05, 4.69) is 4.98 Å². The van der Waals surface area contributed by atoms with Crippen LogP contribution in [-0.2, 0) is 6.18 Å². The van der Waals surface area contributed by atoms with Gasteiger partial charge in [-0.2, -0.15) is 13.2 Å². The number of furan rings is 1. The quantitative estimate of drug-likeness (QED) is 0.648. The molecule has 8 heteroatoms. The van der Waals surface area contributed by atoms with E-state index in [0.717, 1.165) is 6.07 Å². The highest BCUT2D eigenvalue weighted by molar-refractivity contribution is 6.34. The van der Waals surface area contributed by atoms with Crippen LogP contribution in [0.15, 0.2) is 40.9 Å². The van der Waals surface area contributed by atoms with Gasteiger partial charge in [0.15, 0.2) is 5.58 Å². The number of benzene rings is 1. The number of hydrogen-bond acceptors (Lipinski definition) is 3. The van der Waals surface area contributed by atoms with E-state index < -0.39 is 17.6 Å². The van der Waals surface area contributed by atoms with E-state index in [4.69, 9.17) is 16.0 Å². The SMILES string of the molecule is CN(C)C(=O)c1ccc(-c2cc3nccc(Cl)c3o2)c(C(F)(F)F)c1. The van der Waals surface area contributed by atoms with Crippen molar-refractivity contribution in [2.24, 2.45) is 0 Å². The third kappa shape index (κ3) is 3.19. The predicted octanol–water partition coefficient (Wildman–Crippen LogP) is 4.87. The molecule has 0 fully saturated rings. The van der Waals surface area contributed by atoms with Gasteiger partial charge in [-0.3, -0.25) is 9.78 Å². The fraction of sp³-hybridized carbons (Fsp3) is 0.176. The van der Waals surface area contributed by atoms with E-state index in [1.165, 1.54) is 49.5 Å². The monoisotopic (exact) mass is 368 g/mol. The van der Waals surface area contributed by atoms with E-state index in [1.54, 1.807) is 0 Å². The number of carbonyl (C=O) groups excluding carboxylic acids is 1. The van der Waals surface area contributed by atoms with Crippen LogP contribution in [-0.4, -0.2) is 29.9 Å². The van der Waals surface area contributed by atoms with Crippen LogP contribution in [0.4, 0.5) is 13.2 Å². The van der Waals surface area contributed by atoms with Crippen LogP contribution in [0, 0.1) is 0 Å². The Bertz CT molecular complexity index is 964. The second-order valence-electron chi connectivity index (χ2n) is 5.58. The molecule has 0 spiro atoms. The second-order valence-corrected chi connectivity index (χ2v) is 5.98. The number of hydrogen-bond donors (Lipinski definition) is 0. The molecule has 0 unspecified atom stereocenters. The van der Waals surface area contributed by atoms with Crippen LogP contribution in [0.3, 0.4) is 0 Å². The summed E-state index contributed by atoms with van der Waals surface area (Å²) in [6, 6.07) is 6.24. The van der Waals surface area contributed by atoms with Gasteiger partial charge in [-0.15, -0.1) is 0 Å². The molecule has 2 aromatic heterocycles. The number of rotatable bonds is 2. The number of aromatic nitrogens is 1. The van der Waals surface area contributed by atoms with Crippen LogP contribution in [0.1, 0.15) is 15.9 Å². The maximum absolute atomic E-state index is 13.5. The molecule has 0 aliphatic rings. The van der Waals surface area contributed by atoms with Crippen molar-refractivity contribution in [2.45, 2.75) is 6.18 Å². The highest BCUT2D eigenvalue weighted by atomic mass is 35.5. The molecule has 0 aliphatic heterocycles. The van der Waals surface area contributed by atoms with E-state index in [1.807, 2.05) is 0 Å². The summed E-state index contributed by atoms with van der Waals surface area (Å²) in [4.78, 5) is 17.2. The number of carbonyl (C=O) groups is 1. The summed E-state index contributed by atoms with van der Waals surface area (Å²) in [7, 11) is 2.94. The van der Waals surface area contributed by atoms with Crippen molar-refractivity contribution in [1.29, 1.82) is 0 Å². The first kappa shape index (κ1) is 17.3. The maximum atomic E-state index is 13.5. The molecule has 0 atom stereocenters. The van der Waals surface area contributed by atoms with Gasteiger partial charge in [-0.25, -0.2) is 0 Å². The molecule has 3 aromatic rings. The summed E-state index contributed by atoms with van der Waals surface area (Å²) in [6.45, 7) is 0. The van der Waals surface area contributed by atoms with Crippen LogP contribution < -0.4 is 0 Å². The lowest BCUT2D eigenvalue weighted by molar-refractivity contribution is -0.137. The molecule has 130 valence electrons. The minimum Gasteiger partial charge on any atom is -0.453 e. The van der Waals surface area contributed by atoms with Crippen molar-refractivity contribution in [3.05, 3.63) is 52.7 Å². The summed E-state index contributed by atoms with van der Waals surface area (Å²) in [5, 5.41) is 0.254. The molecule has 0 aliphatic carbocycles. The Kier molecular flexibility index (Phi) is 4.20. The molecule has 0 saturated carbocycles. The zero-order valence-corrected chi connectivity index (χ0v) is 13.9. The third-order valence-electron chi connectivity index (χ3n) is 3.61. The Morgan fingerprint density at radius 3 is 2.52 bits per heavy atom. The van der Waals surface area contributed by atoms with Gasteiger partial charge in [-0.1, -0.05) is 11.6 Å². The molecular weight excluding hydrogens is 357 g/mol. The van der Waals surface area contributed by atoms with E-state index >= 15 is 0 Å². The average molecular weight is 369 g/mol. The minimum atomic E-state index is -4.66. The minimum absolute atomic E-state index is 0.0215. The van der Waals surface area contributed by atoms with Gasteiger partial charge in [0.1, 0.15) is 11.3 Å². The van der Waals surface area contributed by atoms with Crippen molar-refractivity contribution in [1.82, 2.24) is 9.88 Å². The first-order chi connectivity index (χ1) is 11.7. The van der Waals surface area contributed by atoms with Gasteiger partial charge < -0.3 is 9.32 Å². The van der Waals surface area contributed by atoms with Crippen molar-refractivity contribution >= 4 is 28.6 Å². The molecule has 25 heavy (non-hydrogen) atoms. The molecule has 0 saturated heterocycles. The molecule has 0 N–H and O–H groups in total. The predicted molar refractivity (Wildman–Crippen MR) is 87.5 cm³/mol. The van der Waals surface area contributed by atoms with Crippen molar-refractivity contribution < 1.29 is 22.4 Å². The Balaban J connectivity index is 2.20. The summed E-state index contributed by atoms with van der Waals surface area (Å²) >= 11 is 5.98. The summed E-state index contributed by atoms with van der Waals surface area (Å²) in [6.07, 6.45) is -3.22. The van der Waals surface area contributed by atoms with Gasteiger partial charge in [0.25, 0.3) is 5.91 Å². The first-order valence-electron chi connectivity index (χ1n) is 7.16. The van der Waals surface area contributed by atoms with Crippen molar-refractivity contribution in [3.63, 3.8) is 0 Å². The number of alkyl halides is 3. The van der Waals surface area contributed by atoms with Crippen LogP contribution in [0.25, 0.3) is 22.4 Å². The molecule has 1 amide bonds. The van der Waals surface area contributed by atoms with Crippen molar-refractivity contribution in [3.8, 4) is 11.3 Å². The largest absolute Gasteiger partial charge is 0.453 e. The number of amides is 1. The normalized spacial score (nSPS) is 11.8. The van der Waals surface area contributed by atoms with Gasteiger partial charge in [-0.05, 0) is 24.3 Å². The number of nitrogens with zero attached hydrogens (tertiary/aromatic N) is 2. The summed E-state index contributed by atoms with van der Waals surface area (Å²) in [5.74, 6) is -0.543. The maximum Gasteiger partial charge on any atom is 0.417 e. The van der Waals surface area contributed by atoms with Gasteiger partial charge in [0, 0.05) is 37.5 Å². The smallest absolute Gasteiger partial charge is 0.417 e. The summed E-state index contributed by atoms with van der Waals surface area (Å²) in [5.41, 5.74) is -0.648. The van der Waals surface area contributed by atoms with E-state index in [9.17, 15) is 18.0 Å². The molecular formula is C17H12ClF3N2O2. The average Bonchev–Trinajstić information content (AvgIpc) is 2.98. The fourth-order valence-electron chi connectivity index (χ4n) is 2.42. The van der Waals surface area contributed by atoms with Crippen LogP contribution >= 0.6 is 11.6 Å². The van der Waals surface area contributed by atoms with Gasteiger partial charge in [0.2, 0.25) is 0 Å². The highest BCUT2D eigenvalue weighted by Crippen LogP contribution is 2.40. The summed E-state index contributed by atoms with van der Waals surface area (Å²) < 4.78 is 46.0. The van der Waals surface area contributed by atoms with Crippen LogP contribution in [0.2, 0.25) is 5.02 Å². The number of halogens is 4. The lowest BCUT2D eigenvalue weighted by Gasteiger charge is -2.15. The number of fused-ring (bicyclic) bond motifs is 1. The Morgan fingerprint density at radius 2 is 1.92 bits per heavy atom. The fourth-order valence-corrected chi connectivity index (χ4v) is 2.62. The Labute approximate surface area is 145 Å². The molecule has 1 aromatic carbocycles. The van der Waals surface area contributed by atoms with Gasteiger partial charge in [0.05, 0.1) is 10.6 Å². The zero-order valence-electron chi connectivity index (χ0n) is 13.2. The van der Waals surface area contributed by atoms with E-state index in [-0.39, 0.29) is 27.5 Å². The van der Waals surface area contributed by atoms with Crippen LogP contribution in [0.5, 0.6) is 0 Å².